The van der Waals surface area contributed by atoms with Gasteiger partial charge in [-0.05, 0) is 33.8 Å². The molecule has 7 heteroatoms. The first-order chi connectivity index (χ1) is 10.8. The fourth-order valence-electron chi connectivity index (χ4n) is 3.06. The Balaban J connectivity index is 1.86. The topological polar surface area (TPSA) is 76.0 Å². The van der Waals surface area contributed by atoms with E-state index in [4.69, 9.17) is 4.74 Å². The van der Waals surface area contributed by atoms with Crippen LogP contribution in [0.1, 0.15) is 35.7 Å². The van der Waals surface area contributed by atoms with Crippen LogP contribution >= 0.6 is 0 Å². The van der Waals surface area contributed by atoms with Crippen LogP contribution in [0.3, 0.4) is 0 Å². The maximum atomic E-state index is 12.7. The van der Waals surface area contributed by atoms with Gasteiger partial charge in [0.15, 0.2) is 0 Å². The molecule has 0 saturated carbocycles. The molecule has 2 aromatic heterocycles. The molecule has 7 nitrogen and oxygen atoms in total. The van der Waals surface area contributed by atoms with E-state index in [0.717, 1.165) is 22.6 Å². The minimum atomic E-state index is -0.312. The second-order valence-corrected chi connectivity index (χ2v) is 6.67. The number of carbonyl (C=O) groups is 1. The van der Waals surface area contributed by atoms with Crippen molar-refractivity contribution >= 4 is 5.91 Å². The number of rotatable bonds is 2. The summed E-state index contributed by atoms with van der Waals surface area (Å²) in [5.41, 5.74) is 3.85. The van der Waals surface area contributed by atoms with E-state index in [1.165, 1.54) is 0 Å². The number of morpholine rings is 1. The summed E-state index contributed by atoms with van der Waals surface area (Å²) in [4.78, 5) is 14.5. The molecular weight excluding hydrogens is 294 g/mol. The summed E-state index contributed by atoms with van der Waals surface area (Å²) in [6.07, 6.45) is 0. The largest absolute Gasteiger partial charge is 0.372 e. The fourth-order valence-corrected chi connectivity index (χ4v) is 3.06. The van der Waals surface area contributed by atoms with Crippen LogP contribution in [0.25, 0.3) is 11.3 Å². The van der Waals surface area contributed by atoms with Crippen molar-refractivity contribution in [2.75, 3.05) is 19.7 Å². The minimum absolute atomic E-state index is 0.0423. The molecule has 1 aliphatic rings. The van der Waals surface area contributed by atoms with Crippen LogP contribution in [0.4, 0.5) is 0 Å². The lowest BCUT2D eigenvalue weighted by Gasteiger charge is -2.37. The molecule has 1 fully saturated rings. The molecule has 124 valence electrons. The Bertz CT molecular complexity index is 744. The van der Waals surface area contributed by atoms with Crippen molar-refractivity contribution in [3.8, 4) is 11.3 Å². The number of aromatic amines is 1. The van der Waals surface area contributed by atoms with Gasteiger partial charge in [-0.3, -0.25) is 14.6 Å². The Morgan fingerprint density at radius 3 is 2.74 bits per heavy atom. The highest BCUT2D eigenvalue weighted by Crippen LogP contribution is 2.26. The van der Waals surface area contributed by atoms with Gasteiger partial charge in [-0.1, -0.05) is 0 Å². The van der Waals surface area contributed by atoms with E-state index < -0.39 is 0 Å². The molecule has 0 aliphatic carbocycles. The molecule has 2 aromatic rings. The lowest BCUT2D eigenvalue weighted by Crippen LogP contribution is -2.50. The molecule has 1 amide bonds. The second-order valence-electron chi connectivity index (χ2n) is 6.67. The molecule has 3 heterocycles. The number of ether oxygens (including phenoxy) is 1. The number of nitrogens with zero attached hydrogens (tertiary/aromatic N) is 4. The predicted molar refractivity (Wildman–Crippen MR) is 86.2 cm³/mol. The first-order valence-corrected chi connectivity index (χ1v) is 7.78. The van der Waals surface area contributed by atoms with Crippen LogP contribution in [0.15, 0.2) is 6.07 Å². The normalized spacial score (nSPS) is 17.5. The Morgan fingerprint density at radius 2 is 2.13 bits per heavy atom. The van der Waals surface area contributed by atoms with Crippen molar-refractivity contribution in [2.24, 2.45) is 7.05 Å². The van der Waals surface area contributed by atoms with Crippen molar-refractivity contribution < 1.29 is 9.53 Å². The Morgan fingerprint density at radius 1 is 1.39 bits per heavy atom. The predicted octanol–water partition coefficient (Wildman–Crippen LogP) is 1.68. The van der Waals surface area contributed by atoms with Crippen LogP contribution in [0.5, 0.6) is 0 Å². The molecule has 23 heavy (non-hydrogen) atoms. The van der Waals surface area contributed by atoms with E-state index in [1.807, 2.05) is 50.4 Å². The average Bonchev–Trinajstić information content (AvgIpc) is 3.03. The SMILES string of the molecule is Cc1nn(C)c(C)c1-c1cc(C(=O)N2CCOC(C)(C)C2)[nH]n1. The molecule has 3 rings (SSSR count). The zero-order valence-electron chi connectivity index (χ0n) is 14.3. The third kappa shape index (κ3) is 2.88. The number of hydrogen-bond acceptors (Lipinski definition) is 4. The number of carbonyl (C=O) groups excluding carboxylic acids is 1. The standard InChI is InChI=1S/C16H23N5O2/c1-10-14(11(2)20(5)19-10)12-8-13(18-17-12)15(22)21-6-7-23-16(3,4)9-21/h8H,6-7,9H2,1-5H3,(H,17,18). The molecule has 1 saturated heterocycles. The van der Waals surface area contributed by atoms with E-state index in [9.17, 15) is 4.79 Å². The highest BCUT2D eigenvalue weighted by atomic mass is 16.5. The highest BCUT2D eigenvalue weighted by Gasteiger charge is 2.31. The summed E-state index contributed by atoms with van der Waals surface area (Å²) >= 11 is 0. The van der Waals surface area contributed by atoms with Gasteiger partial charge in [0.05, 0.1) is 23.6 Å². The zero-order chi connectivity index (χ0) is 16.8. The quantitative estimate of drug-likeness (QED) is 0.914. The van der Waals surface area contributed by atoms with Crippen LogP contribution in [-0.2, 0) is 11.8 Å². The maximum Gasteiger partial charge on any atom is 0.272 e. The number of amides is 1. The summed E-state index contributed by atoms with van der Waals surface area (Å²) in [6.45, 7) is 9.66. The molecule has 1 N–H and O–H groups in total. The fraction of sp³-hybridized carbons (Fsp3) is 0.562. The molecular formula is C16H23N5O2. The molecule has 0 spiro atoms. The molecule has 1 aliphatic heterocycles. The van der Waals surface area contributed by atoms with Crippen molar-refractivity contribution in [3.63, 3.8) is 0 Å². The average molecular weight is 317 g/mol. The van der Waals surface area contributed by atoms with Gasteiger partial charge in [0.25, 0.3) is 5.91 Å². The summed E-state index contributed by atoms with van der Waals surface area (Å²) in [7, 11) is 1.90. The lowest BCUT2D eigenvalue weighted by molar-refractivity contribution is -0.0765. The Kier molecular flexibility index (Phi) is 3.75. The van der Waals surface area contributed by atoms with E-state index >= 15 is 0 Å². The molecule has 0 unspecified atom stereocenters. The van der Waals surface area contributed by atoms with Gasteiger partial charge < -0.3 is 9.64 Å². The first-order valence-electron chi connectivity index (χ1n) is 7.78. The van der Waals surface area contributed by atoms with Crippen molar-refractivity contribution in [2.45, 2.75) is 33.3 Å². The van der Waals surface area contributed by atoms with Gasteiger partial charge >= 0.3 is 0 Å². The van der Waals surface area contributed by atoms with E-state index in [-0.39, 0.29) is 11.5 Å². The second kappa shape index (κ2) is 5.49. The van der Waals surface area contributed by atoms with Crippen molar-refractivity contribution in [3.05, 3.63) is 23.1 Å². The maximum absolute atomic E-state index is 12.7. The van der Waals surface area contributed by atoms with Crippen LogP contribution in [-0.4, -0.2) is 56.1 Å². The molecule has 0 radical (unpaired) electrons. The summed E-state index contributed by atoms with van der Waals surface area (Å²) in [6, 6.07) is 1.81. The van der Waals surface area contributed by atoms with E-state index in [0.29, 0.717) is 25.4 Å². The molecule has 0 bridgehead atoms. The van der Waals surface area contributed by atoms with Gasteiger partial charge in [-0.2, -0.15) is 10.2 Å². The van der Waals surface area contributed by atoms with Gasteiger partial charge in [0.1, 0.15) is 5.69 Å². The Labute approximate surface area is 135 Å². The number of H-pyrrole nitrogens is 1. The smallest absolute Gasteiger partial charge is 0.272 e. The van der Waals surface area contributed by atoms with Crippen molar-refractivity contribution in [1.29, 1.82) is 0 Å². The van der Waals surface area contributed by atoms with Crippen molar-refractivity contribution in [1.82, 2.24) is 24.9 Å². The van der Waals surface area contributed by atoms with Crippen LogP contribution < -0.4 is 0 Å². The summed E-state index contributed by atoms with van der Waals surface area (Å²) in [5, 5.41) is 11.6. The van der Waals surface area contributed by atoms with Gasteiger partial charge in [0.2, 0.25) is 0 Å². The zero-order valence-corrected chi connectivity index (χ0v) is 14.3. The third-order valence-corrected chi connectivity index (χ3v) is 4.29. The van der Waals surface area contributed by atoms with Crippen LogP contribution in [0.2, 0.25) is 0 Å². The Hall–Kier alpha value is -2.15. The van der Waals surface area contributed by atoms with E-state index in [2.05, 4.69) is 15.3 Å². The molecule has 0 aromatic carbocycles. The third-order valence-electron chi connectivity index (χ3n) is 4.29. The van der Waals surface area contributed by atoms with Gasteiger partial charge in [-0.15, -0.1) is 0 Å². The monoisotopic (exact) mass is 317 g/mol. The number of hydrogen-bond donors (Lipinski definition) is 1. The van der Waals surface area contributed by atoms with Gasteiger partial charge in [-0.25, -0.2) is 0 Å². The highest BCUT2D eigenvalue weighted by molar-refractivity contribution is 5.93. The van der Waals surface area contributed by atoms with Gasteiger partial charge in [0, 0.05) is 31.4 Å². The first kappa shape index (κ1) is 15.7. The summed E-state index contributed by atoms with van der Waals surface area (Å²) in [5.74, 6) is -0.0423. The van der Waals surface area contributed by atoms with E-state index in [1.54, 1.807) is 0 Å². The number of nitrogens with one attached hydrogen (secondary N) is 1. The number of aromatic nitrogens is 4. The number of aryl methyl sites for hydroxylation is 2. The summed E-state index contributed by atoms with van der Waals surface area (Å²) < 4.78 is 7.48. The lowest BCUT2D eigenvalue weighted by atomic mass is 10.1. The molecule has 0 atom stereocenters. The minimum Gasteiger partial charge on any atom is -0.372 e. The van der Waals surface area contributed by atoms with Crippen LogP contribution in [0, 0.1) is 13.8 Å².